The van der Waals surface area contributed by atoms with E-state index in [1.807, 2.05) is 0 Å². The van der Waals surface area contributed by atoms with Gasteiger partial charge in [0.1, 0.15) is 5.82 Å². The second kappa shape index (κ2) is 7.53. The molecule has 132 valence electrons. The Bertz CT molecular complexity index is 891. The fraction of sp³-hybridized carbons (Fsp3) is 0.105. The third-order valence-corrected chi connectivity index (χ3v) is 4.66. The van der Waals surface area contributed by atoms with Crippen molar-refractivity contribution < 1.29 is 23.5 Å². The maximum absolute atomic E-state index is 13.0. The highest BCUT2D eigenvalue weighted by molar-refractivity contribution is 8.18. The lowest BCUT2D eigenvalue weighted by Crippen LogP contribution is -2.27. The van der Waals surface area contributed by atoms with Gasteiger partial charge in [-0.15, -0.1) is 0 Å². The Morgan fingerprint density at radius 1 is 1.12 bits per heavy atom. The Morgan fingerprint density at radius 3 is 2.38 bits per heavy atom. The molecule has 1 fully saturated rings. The highest BCUT2D eigenvalue weighted by atomic mass is 32.2. The summed E-state index contributed by atoms with van der Waals surface area (Å²) in [6.45, 7) is 0.0869. The third-order valence-electron chi connectivity index (χ3n) is 3.76. The number of imide groups is 1. The fourth-order valence-electron chi connectivity index (χ4n) is 2.39. The Balaban J connectivity index is 1.76. The van der Waals surface area contributed by atoms with E-state index < -0.39 is 11.9 Å². The normalized spacial score (nSPS) is 15.6. The van der Waals surface area contributed by atoms with Gasteiger partial charge in [0, 0.05) is 0 Å². The van der Waals surface area contributed by atoms with Gasteiger partial charge >= 0.3 is 5.97 Å². The molecule has 0 N–H and O–H groups in total. The van der Waals surface area contributed by atoms with E-state index in [0.29, 0.717) is 21.6 Å². The van der Waals surface area contributed by atoms with Crippen LogP contribution < -0.4 is 0 Å². The molecule has 1 saturated heterocycles. The van der Waals surface area contributed by atoms with Crippen LogP contribution in [0.3, 0.4) is 0 Å². The van der Waals surface area contributed by atoms with Crippen LogP contribution in [0.1, 0.15) is 21.5 Å². The van der Waals surface area contributed by atoms with E-state index in [0.717, 1.165) is 16.7 Å². The number of ether oxygens (including phenoxy) is 1. The third kappa shape index (κ3) is 3.83. The van der Waals surface area contributed by atoms with Gasteiger partial charge in [-0.1, -0.05) is 24.3 Å². The number of hydrogen-bond acceptors (Lipinski definition) is 5. The summed E-state index contributed by atoms with van der Waals surface area (Å²) in [5.41, 5.74) is 1.75. The Labute approximate surface area is 153 Å². The largest absolute Gasteiger partial charge is 0.465 e. The lowest BCUT2D eigenvalue weighted by molar-refractivity contribution is -0.123. The van der Waals surface area contributed by atoms with Crippen LogP contribution in [0.25, 0.3) is 6.08 Å². The fourth-order valence-corrected chi connectivity index (χ4v) is 3.23. The Kier molecular flexibility index (Phi) is 5.18. The molecule has 0 unspecified atom stereocenters. The van der Waals surface area contributed by atoms with Crippen molar-refractivity contribution in [2.45, 2.75) is 6.54 Å². The molecule has 2 amide bonds. The molecule has 1 heterocycles. The first kappa shape index (κ1) is 17.9. The summed E-state index contributed by atoms with van der Waals surface area (Å²) < 4.78 is 17.6. The summed E-state index contributed by atoms with van der Waals surface area (Å²) >= 11 is 0.847. The number of carbonyl (C=O) groups is 3. The van der Waals surface area contributed by atoms with Gasteiger partial charge in [-0.25, -0.2) is 9.18 Å². The molecule has 2 aromatic carbocycles. The molecule has 5 nitrogen and oxygen atoms in total. The quantitative estimate of drug-likeness (QED) is 0.603. The van der Waals surface area contributed by atoms with Crippen molar-refractivity contribution in [1.82, 2.24) is 4.90 Å². The molecule has 0 saturated carbocycles. The lowest BCUT2D eigenvalue weighted by atomic mass is 10.1. The molecule has 0 atom stereocenters. The minimum atomic E-state index is -0.448. The van der Waals surface area contributed by atoms with Crippen LogP contribution in [0.15, 0.2) is 53.4 Å². The number of rotatable bonds is 4. The van der Waals surface area contributed by atoms with Crippen molar-refractivity contribution in [3.8, 4) is 0 Å². The molecule has 3 rings (SSSR count). The molecule has 0 aromatic heterocycles. The molecule has 26 heavy (non-hydrogen) atoms. The minimum absolute atomic E-state index is 0.0869. The predicted octanol–water partition coefficient (Wildman–Crippen LogP) is 3.85. The van der Waals surface area contributed by atoms with Crippen molar-refractivity contribution in [3.05, 3.63) is 75.9 Å². The van der Waals surface area contributed by atoms with E-state index >= 15 is 0 Å². The number of carbonyl (C=O) groups excluding carboxylic acids is 3. The topological polar surface area (TPSA) is 63.7 Å². The van der Waals surface area contributed by atoms with E-state index in [1.165, 1.54) is 31.4 Å². The molecule has 0 radical (unpaired) electrons. The average Bonchev–Trinajstić information content (AvgIpc) is 2.91. The number of methoxy groups -OCH3 is 1. The van der Waals surface area contributed by atoms with Crippen molar-refractivity contribution in [3.63, 3.8) is 0 Å². The number of thioether (sulfide) groups is 1. The van der Waals surface area contributed by atoms with E-state index in [2.05, 4.69) is 4.74 Å². The SMILES string of the molecule is COC(=O)c1ccc(/C=C2\SC(=O)N(Cc3ccc(F)cc3)C2=O)cc1. The molecular weight excluding hydrogens is 357 g/mol. The van der Waals surface area contributed by atoms with Crippen LogP contribution in [0.2, 0.25) is 0 Å². The zero-order valence-electron chi connectivity index (χ0n) is 13.8. The first-order chi connectivity index (χ1) is 12.5. The summed E-state index contributed by atoms with van der Waals surface area (Å²) in [4.78, 5) is 37.5. The van der Waals surface area contributed by atoms with E-state index in [1.54, 1.807) is 30.3 Å². The zero-order valence-corrected chi connectivity index (χ0v) is 14.6. The van der Waals surface area contributed by atoms with E-state index in [9.17, 15) is 18.8 Å². The highest BCUT2D eigenvalue weighted by Gasteiger charge is 2.34. The molecule has 2 aromatic rings. The standard InChI is InChI=1S/C19H14FNO4S/c1-25-18(23)14-6-2-12(3-7-14)10-16-17(22)21(19(24)26-16)11-13-4-8-15(20)9-5-13/h2-10H,11H2,1H3/b16-10-. The smallest absolute Gasteiger partial charge is 0.337 e. The van der Waals surface area contributed by atoms with Gasteiger partial charge in [-0.3, -0.25) is 14.5 Å². The van der Waals surface area contributed by atoms with Gasteiger partial charge < -0.3 is 4.74 Å². The Hall–Kier alpha value is -2.93. The monoisotopic (exact) mass is 371 g/mol. The molecule has 7 heteroatoms. The van der Waals surface area contributed by atoms with Gasteiger partial charge in [-0.05, 0) is 53.2 Å². The summed E-state index contributed by atoms with van der Waals surface area (Å²) in [5.74, 6) is -1.23. The maximum atomic E-state index is 13.0. The van der Waals surface area contributed by atoms with Crippen LogP contribution >= 0.6 is 11.8 Å². The summed E-state index contributed by atoms with van der Waals surface area (Å²) in [5, 5.41) is -0.378. The van der Waals surface area contributed by atoms with Crippen molar-refractivity contribution in [2.75, 3.05) is 7.11 Å². The molecule has 0 aliphatic carbocycles. The molecule has 1 aliphatic rings. The predicted molar refractivity (Wildman–Crippen MR) is 95.7 cm³/mol. The number of nitrogens with zero attached hydrogens (tertiary/aromatic N) is 1. The van der Waals surface area contributed by atoms with Crippen LogP contribution in [0.4, 0.5) is 9.18 Å². The van der Waals surface area contributed by atoms with Gasteiger partial charge in [0.15, 0.2) is 0 Å². The number of hydrogen-bond donors (Lipinski definition) is 0. The van der Waals surface area contributed by atoms with Crippen LogP contribution in [-0.2, 0) is 16.1 Å². The molecule has 0 bridgehead atoms. The molecular formula is C19H14FNO4S. The van der Waals surface area contributed by atoms with Crippen LogP contribution in [0.5, 0.6) is 0 Å². The van der Waals surface area contributed by atoms with Crippen LogP contribution in [-0.4, -0.2) is 29.1 Å². The number of benzene rings is 2. The van der Waals surface area contributed by atoms with Crippen LogP contribution in [0, 0.1) is 5.82 Å². The van der Waals surface area contributed by atoms with Gasteiger partial charge in [0.05, 0.1) is 24.1 Å². The van der Waals surface area contributed by atoms with Gasteiger partial charge in [-0.2, -0.15) is 0 Å². The second-order valence-corrected chi connectivity index (χ2v) is 6.50. The number of amides is 2. The second-order valence-electron chi connectivity index (χ2n) is 5.51. The summed E-state index contributed by atoms with van der Waals surface area (Å²) in [6, 6.07) is 12.1. The number of esters is 1. The summed E-state index contributed by atoms with van der Waals surface area (Å²) in [7, 11) is 1.30. The van der Waals surface area contributed by atoms with E-state index in [4.69, 9.17) is 0 Å². The van der Waals surface area contributed by atoms with Crippen molar-refractivity contribution in [2.24, 2.45) is 0 Å². The van der Waals surface area contributed by atoms with Gasteiger partial charge in [0.2, 0.25) is 0 Å². The van der Waals surface area contributed by atoms with Gasteiger partial charge in [0.25, 0.3) is 11.1 Å². The van der Waals surface area contributed by atoms with E-state index in [-0.39, 0.29) is 17.6 Å². The minimum Gasteiger partial charge on any atom is -0.465 e. The Morgan fingerprint density at radius 2 is 1.77 bits per heavy atom. The summed E-state index contributed by atoms with van der Waals surface area (Å²) in [6.07, 6.45) is 1.59. The van der Waals surface area contributed by atoms with Crippen molar-refractivity contribution in [1.29, 1.82) is 0 Å². The molecule has 0 spiro atoms. The maximum Gasteiger partial charge on any atom is 0.337 e. The zero-order chi connectivity index (χ0) is 18.7. The number of halogens is 1. The van der Waals surface area contributed by atoms with Crippen molar-refractivity contribution >= 4 is 35.0 Å². The average molecular weight is 371 g/mol. The highest BCUT2D eigenvalue weighted by Crippen LogP contribution is 2.33. The first-order valence-electron chi connectivity index (χ1n) is 7.66. The molecule has 1 aliphatic heterocycles. The lowest BCUT2D eigenvalue weighted by Gasteiger charge is -2.12. The first-order valence-corrected chi connectivity index (χ1v) is 8.48.